The molecule has 0 spiro atoms. The fourth-order valence-electron chi connectivity index (χ4n) is 1.50. The van der Waals surface area contributed by atoms with Gasteiger partial charge in [-0.2, -0.15) is 0 Å². The smallest absolute Gasteiger partial charge is 0.250 e. The van der Waals surface area contributed by atoms with E-state index in [1.165, 1.54) is 20.4 Å². The van der Waals surface area contributed by atoms with Gasteiger partial charge in [0.25, 0.3) is 0 Å². The third kappa shape index (κ3) is 1.83. The van der Waals surface area contributed by atoms with E-state index in [-0.39, 0.29) is 12.2 Å². The van der Waals surface area contributed by atoms with E-state index in [1.54, 1.807) is 18.3 Å². The average Bonchev–Trinajstić information content (AvgIpc) is 2.86. The maximum Gasteiger partial charge on any atom is 0.350 e. The number of pyridine rings is 1. The fourth-order valence-corrected chi connectivity index (χ4v) is 2.35. The van der Waals surface area contributed by atoms with E-state index in [0.717, 1.165) is 0 Å². The highest BCUT2D eigenvalue weighted by Crippen LogP contribution is 2.15. The highest BCUT2D eigenvalue weighted by molar-refractivity contribution is 7.15. The van der Waals surface area contributed by atoms with Gasteiger partial charge in [0.2, 0.25) is 4.47 Å². The summed E-state index contributed by atoms with van der Waals surface area (Å²) in [4.78, 5) is 11.9. The number of hydrogen-bond donors (Lipinski definition) is 0. The highest BCUT2D eigenvalue weighted by Gasteiger charge is 2.09. The second-order valence-corrected chi connectivity index (χ2v) is 4.96. The number of nitrogens with zero attached hydrogens (tertiary/aromatic N) is 5. The van der Waals surface area contributed by atoms with Gasteiger partial charge in [0.05, 0.1) is 0 Å². The van der Waals surface area contributed by atoms with E-state index in [9.17, 15) is 4.79 Å². The molecule has 0 unspecified atom stereocenters. The summed E-state index contributed by atoms with van der Waals surface area (Å²) in [7, 11) is 0. The van der Waals surface area contributed by atoms with Gasteiger partial charge in [-0.15, -0.1) is 15.3 Å². The van der Waals surface area contributed by atoms with Crippen LogP contribution in [0.5, 0.6) is 0 Å². The Kier molecular flexibility index (Phi) is 2.41. The summed E-state index contributed by atoms with van der Waals surface area (Å²) >= 11 is 6.91. The summed E-state index contributed by atoms with van der Waals surface area (Å²) in [6, 6.07) is 5.38. The van der Waals surface area contributed by atoms with E-state index >= 15 is 0 Å². The number of fused-ring (bicyclic) bond motifs is 1. The summed E-state index contributed by atoms with van der Waals surface area (Å²) in [6.07, 6.45) is 1.67. The number of rotatable bonds is 2. The number of halogens is 1. The molecule has 0 aliphatic heterocycles. The summed E-state index contributed by atoms with van der Waals surface area (Å²) in [6.45, 7) is 0.283. The normalized spacial score (nSPS) is 11.1. The third-order valence-electron chi connectivity index (χ3n) is 2.22. The minimum atomic E-state index is -0.202. The zero-order valence-electron chi connectivity index (χ0n) is 8.45. The molecule has 0 bridgehead atoms. The molecule has 0 atom stereocenters. The molecule has 0 saturated carbocycles. The van der Waals surface area contributed by atoms with Crippen LogP contribution < -0.4 is 5.69 Å². The van der Waals surface area contributed by atoms with Gasteiger partial charge in [-0.05, 0) is 23.7 Å². The molecule has 86 valence electrons. The molecule has 3 aromatic rings. The first-order chi connectivity index (χ1) is 8.24. The quantitative estimate of drug-likeness (QED) is 0.696. The second kappa shape index (κ2) is 3.94. The van der Waals surface area contributed by atoms with Gasteiger partial charge < -0.3 is 0 Å². The lowest BCUT2D eigenvalue weighted by molar-refractivity contribution is 0.651. The predicted octanol–water partition coefficient (Wildman–Crippen LogP) is 1.05. The van der Waals surface area contributed by atoms with Crippen LogP contribution in [0, 0.1) is 0 Å². The molecule has 0 aliphatic carbocycles. The van der Waals surface area contributed by atoms with Crippen LogP contribution in [0.15, 0.2) is 29.2 Å². The lowest BCUT2D eigenvalue weighted by atomic mass is 10.5. The van der Waals surface area contributed by atoms with Crippen molar-refractivity contribution < 1.29 is 0 Å². The van der Waals surface area contributed by atoms with Crippen LogP contribution in [-0.2, 0) is 6.54 Å². The van der Waals surface area contributed by atoms with Gasteiger partial charge >= 0.3 is 5.69 Å². The van der Waals surface area contributed by atoms with Crippen molar-refractivity contribution in [2.24, 2.45) is 0 Å². The molecule has 3 heterocycles. The molecule has 0 saturated heterocycles. The van der Waals surface area contributed by atoms with Crippen molar-refractivity contribution in [1.82, 2.24) is 24.4 Å². The van der Waals surface area contributed by atoms with E-state index in [4.69, 9.17) is 11.6 Å². The monoisotopic (exact) mass is 267 g/mol. The van der Waals surface area contributed by atoms with Crippen LogP contribution >= 0.6 is 22.9 Å². The molecule has 0 N–H and O–H groups in total. The maximum atomic E-state index is 11.9. The fraction of sp³-hybridized carbons (Fsp3) is 0.111. The molecule has 0 amide bonds. The Labute approximate surface area is 104 Å². The van der Waals surface area contributed by atoms with Crippen molar-refractivity contribution in [3.63, 3.8) is 0 Å². The van der Waals surface area contributed by atoms with Gasteiger partial charge in [0, 0.05) is 6.20 Å². The largest absolute Gasteiger partial charge is 0.350 e. The Morgan fingerprint density at radius 1 is 1.35 bits per heavy atom. The zero-order valence-corrected chi connectivity index (χ0v) is 10.0. The van der Waals surface area contributed by atoms with Gasteiger partial charge in [-0.1, -0.05) is 17.4 Å². The Bertz CT molecular complexity index is 730. The van der Waals surface area contributed by atoms with Gasteiger partial charge in [-0.25, -0.2) is 9.48 Å². The second-order valence-electron chi connectivity index (χ2n) is 3.32. The molecule has 3 rings (SSSR count). The van der Waals surface area contributed by atoms with Crippen LogP contribution in [0.3, 0.4) is 0 Å². The van der Waals surface area contributed by atoms with Crippen molar-refractivity contribution >= 4 is 28.6 Å². The Morgan fingerprint density at radius 2 is 2.24 bits per heavy atom. The highest BCUT2D eigenvalue weighted by atomic mass is 35.5. The molecule has 6 nitrogen and oxygen atoms in total. The molecule has 3 aromatic heterocycles. The van der Waals surface area contributed by atoms with Crippen LogP contribution in [0.25, 0.3) is 5.65 Å². The third-order valence-corrected chi connectivity index (χ3v) is 3.22. The summed E-state index contributed by atoms with van der Waals surface area (Å²) in [5.41, 5.74) is 0.403. The van der Waals surface area contributed by atoms with Gasteiger partial charge in [0.15, 0.2) is 5.65 Å². The first-order valence-corrected chi connectivity index (χ1v) is 5.95. The SMILES string of the molecule is O=c1n(Cc2nnc(Cl)s2)nc2ccccn12. The van der Waals surface area contributed by atoms with E-state index in [2.05, 4.69) is 15.3 Å². The van der Waals surface area contributed by atoms with Crippen LogP contribution in [0.4, 0.5) is 0 Å². The van der Waals surface area contributed by atoms with Crippen molar-refractivity contribution in [1.29, 1.82) is 0 Å². The molecular weight excluding hydrogens is 262 g/mol. The maximum absolute atomic E-state index is 11.9. The van der Waals surface area contributed by atoms with Gasteiger partial charge in [0.1, 0.15) is 11.6 Å². The molecular formula is C9H6ClN5OS. The van der Waals surface area contributed by atoms with Crippen molar-refractivity contribution in [2.75, 3.05) is 0 Å². The van der Waals surface area contributed by atoms with Crippen molar-refractivity contribution in [3.05, 3.63) is 44.4 Å². The standard InChI is InChI=1S/C9H6ClN5OS/c10-8-12-11-7(17-8)5-15-9(16)14-4-2-1-3-6(14)13-15/h1-4H,5H2. The van der Waals surface area contributed by atoms with Gasteiger partial charge in [-0.3, -0.25) is 4.40 Å². The first-order valence-electron chi connectivity index (χ1n) is 4.76. The summed E-state index contributed by atoms with van der Waals surface area (Å²) in [5, 5.41) is 12.4. The average molecular weight is 268 g/mol. The minimum absolute atomic E-state index is 0.202. The molecule has 0 aromatic carbocycles. The van der Waals surface area contributed by atoms with Crippen LogP contribution in [-0.4, -0.2) is 24.4 Å². The van der Waals surface area contributed by atoms with Crippen LogP contribution in [0.1, 0.15) is 5.01 Å². The van der Waals surface area contributed by atoms with E-state index in [0.29, 0.717) is 15.1 Å². The molecule has 0 radical (unpaired) electrons. The summed E-state index contributed by atoms with van der Waals surface area (Å²) < 4.78 is 3.17. The Balaban J connectivity index is 2.06. The van der Waals surface area contributed by atoms with E-state index in [1.807, 2.05) is 6.07 Å². The molecule has 0 fully saturated rings. The molecule has 8 heteroatoms. The zero-order chi connectivity index (χ0) is 11.8. The molecule has 0 aliphatic rings. The Morgan fingerprint density at radius 3 is 2.94 bits per heavy atom. The Hall–Kier alpha value is -1.73. The first kappa shape index (κ1) is 10.4. The topological polar surface area (TPSA) is 65.1 Å². The predicted molar refractivity (Wildman–Crippen MR) is 63.5 cm³/mol. The van der Waals surface area contributed by atoms with Crippen molar-refractivity contribution in [3.8, 4) is 0 Å². The number of hydrogen-bond acceptors (Lipinski definition) is 5. The lowest BCUT2D eigenvalue weighted by Gasteiger charge is -1.91. The summed E-state index contributed by atoms with van der Waals surface area (Å²) in [5.74, 6) is 0. The lowest BCUT2D eigenvalue weighted by Crippen LogP contribution is -2.21. The van der Waals surface area contributed by atoms with Crippen molar-refractivity contribution in [2.45, 2.75) is 6.54 Å². The minimum Gasteiger partial charge on any atom is -0.250 e. The van der Waals surface area contributed by atoms with E-state index < -0.39 is 0 Å². The number of aromatic nitrogens is 5. The van der Waals surface area contributed by atoms with Crippen LogP contribution in [0.2, 0.25) is 4.47 Å². The molecule has 17 heavy (non-hydrogen) atoms.